The van der Waals surface area contributed by atoms with Crippen molar-refractivity contribution in [2.75, 3.05) is 0 Å². The van der Waals surface area contributed by atoms with Gasteiger partial charge in [-0.1, -0.05) is 69.8 Å². The van der Waals surface area contributed by atoms with E-state index in [2.05, 4.69) is 139 Å². The van der Waals surface area contributed by atoms with E-state index in [1.165, 1.54) is 66.1 Å². The Balaban J connectivity index is 0.000000181. The van der Waals surface area contributed by atoms with E-state index in [1.54, 1.807) is 9.96 Å². The van der Waals surface area contributed by atoms with Gasteiger partial charge in [0.05, 0.1) is 28.6 Å². The van der Waals surface area contributed by atoms with E-state index >= 15 is 0 Å². The first-order valence-corrected chi connectivity index (χ1v) is 31.2. The fraction of sp³-hybridized carbons (Fsp3) is 0.345. The summed E-state index contributed by atoms with van der Waals surface area (Å²) in [5, 5.41) is 4.59. The Labute approximate surface area is 406 Å². The third-order valence-electron chi connectivity index (χ3n) is 14.4. The molecule has 3 fully saturated rings. The number of imidazole rings is 1. The van der Waals surface area contributed by atoms with Gasteiger partial charge in [-0.3, -0.25) is 15.0 Å². The zero-order chi connectivity index (χ0) is 45.1. The van der Waals surface area contributed by atoms with Gasteiger partial charge in [0.1, 0.15) is 5.58 Å². The Morgan fingerprint density at radius 2 is 1.62 bits per heavy atom. The van der Waals surface area contributed by atoms with Crippen LogP contribution in [0.1, 0.15) is 99.6 Å². The molecule has 3 aliphatic carbocycles. The molecule has 1 radical (unpaired) electrons. The first kappa shape index (κ1) is 46.2. The monoisotopic (exact) mass is 1110 g/mol. The van der Waals surface area contributed by atoms with Crippen LogP contribution in [0.4, 0.5) is 0 Å². The van der Waals surface area contributed by atoms with Gasteiger partial charge >= 0.3 is 156 Å². The molecule has 3 saturated carbocycles. The Kier molecular flexibility index (Phi) is 13.0. The molecular weight excluding hydrogens is 1050 g/mol. The molecule has 5 heterocycles. The van der Waals surface area contributed by atoms with Gasteiger partial charge in [-0.25, -0.2) is 0 Å². The minimum Gasteiger partial charge on any atom is 0 e. The van der Waals surface area contributed by atoms with Crippen molar-refractivity contribution in [1.82, 2.24) is 24.5 Å². The zero-order valence-corrected chi connectivity index (χ0v) is 44.4. The van der Waals surface area contributed by atoms with Crippen molar-refractivity contribution in [3.63, 3.8) is 0 Å². The number of hydrogen-bond donors (Lipinski definition) is 0. The molecule has 2 bridgehead atoms. The topological polar surface area (TPSA) is 69.6 Å². The molecule has 5 aromatic heterocycles. The van der Waals surface area contributed by atoms with Gasteiger partial charge in [0.15, 0.2) is 0 Å². The van der Waals surface area contributed by atoms with Crippen molar-refractivity contribution in [3.05, 3.63) is 144 Å². The number of pyridine rings is 3. The Morgan fingerprint density at radius 3 is 2.33 bits per heavy atom. The van der Waals surface area contributed by atoms with Gasteiger partial charge in [-0.2, -0.15) is 0 Å². The van der Waals surface area contributed by atoms with Gasteiger partial charge in [0.25, 0.3) is 0 Å². The molecule has 3 aliphatic rings. The molecule has 4 aromatic carbocycles. The average molecular weight is 1110 g/mol. The van der Waals surface area contributed by atoms with Crippen LogP contribution in [0.25, 0.3) is 72.1 Å². The first-order chi connectivity index (χ1) is 31.3. The van der Waals surface area contributed by atoms with Gasteiger partial charge in [0.2, 0.25) is 0 Å². The molecule has 0 amide bonds. The van der Waals surface area contributed by atoms with Crippen LogP contribution in [0.2, 0.25) is 17.3 Å². The van der Waals surface area contributed by atoms with E-state index in [9.17, 15) is 0 Å². The molecule has 0 aliphatic heterocycles. The van der Waals surface area contributed by atoms with E-state index in [-0.39, 0.29) is 26.0 Å². The largest absolute Gasteiger partial charge is 0 e. The summed E-state index contributed by atoms with van der Waals surface area (Å²) in [6.45, 7) is 13.2. The van der Waals surface area contributed by atoms with Crippen molar-refractivity contribution in [2.24, 2.45) is 17.8 Å². The molecule has 0 N–H and O–H groups in total. The molecule has 339 valence electrons. The first-order valence-electron chi connectivity index (χ1n) is 23.9. The van der Waals surface area contributed by atoms with Crippen molar-refractivity contribution in [2.45, 2.75) is 109 Å². The summed E-state index contributed by atoms with van der Waals surface area (Å²) in [5.74, 6) is 11.8. The van der Waals surface area contributed by atoms with Crippen molar-refractivity contribution in [3.8, 4) is 28.3 Å². The quantitative estimate of drug-likeness (QED) is 0.112. The number of rotatable bonds is 8. The summed E-state index contributed by atoms with van der Waals surface area (Å²) < 4.78 is 10.5. The summed E-state index contributed by atoms with van der Waals surface area (Å²) in [6.07, 6.45) is 16.5. The average Bonchev–Trinajstić information content (AvgIpc) is 3.88. The minimum absolute atomic E-state index is 0. The van der Waals surface area contributed by atoms with Crippen LogP contribution in [-0.2, 0) is 26.5 Å². The second-order valence-electron chi connectivity index (χ2n) is 20.6. The van der Waals surface area contributed by atoms with Crippen LogP contribution in [0, 0.1) is 43.7 Å². The number of hydrogen-bond acceptors (Lipinski definition) is 5. The molecule has 1 unspecified atom stereocenters. The van der Waals surface area contributed by atoms with E-state index in [4.69, 9.17) is 14.4 Å². The van der Waals surface area contributed by atoms with Crippen molar-refractivity contribution >= 4 is 61.4 Å². The van der Waals surface area contributed by atoms with Gasteiger partial charge in [-0.05, 0) is 52.8 Å². The van der Waals surface area contributed by atoms with Crippen LogP contribution in [-0.4, -0.2) is 37.8 Å². The molecular formula is C58H61GeIrN5O-2. The maximum Gasteiger partial charge on any atom is 0 e. The second kappa shape index (κ2) is 18.6. The van der Waals surface area contributed by atoms with Crippen LogP contribution in [0.15, 0.2) is 108 Å². The number of nitrogens with zero attached hydrogens (tertiary/aromatic N) is 5. The SMILES string of the molecule is Cc1cc2oc3c(-c4nc5cnccc5n4-c4c(C(C)C)cc5ccccc5c4C(C)C)[c-]cc(C)c3c2cn1.[CH3][Ge]([CH3])([CH3])[c]1cnc(-c2[c-]cccc2)cc1CC1CC2CCC1CC2.[Ir]. The number of aromatic nitrogens is 5. The predicted octanol–water partition coefficient (Wildman–Crippen LogP) is 14.7. The summed E-state index contributed by atoms with van der Waals surface area (Å²) >= 11 is -1.91. The fourth-order valence-electron chi connectivity index (χ4n) is 11.2. The van der Waals surface area contributed by atoms with Crippen LogP contribution in [0.5, 0.6) is 0 Å². The number of benzene rings is 4. The summed E-state index contributed by atoms with van der Waals surface area (Å²) in [4.78, 5) is 19.0. The van der Waals surface area contributed by atoms with Crippen LogP contribution in [0.3, 0.4) is 0 Å². The standard InChI is InChI=1S/C35H31N4O.C23H30GeN.Ir/c1-19(2)26-16-23-9-7-8-10-24(23)31(20(3)4)33(26)39-29-13-14-36-18-28(29)38-35(39)25-12-11-21(5)32-27-17-37-22(6)15-30(27)40-34(25)32;1-24(2,3)22-16-25-23(19-7-5-4-6-8-19)15-21(22)14-20-13-17-9-11-18(20)12-10-17;/h7-11,13-20H,1-6H3;4-7,15-18,20H,9-14H2,1-3H3;/q2*-1;. The van der Waals surface area contributed by atoms with Gasteiger partial charge in [-0.15, -0.1) is 17.7 Å². The molecule has 9 aromatic rings. The molecule has 1 atom stereocenters. The smallest absolute Gasteiger partial charge is 0 e. The predicted molar refractivity (Wildman–Crippen MR) is 272 cm³/mol. The van der Waals surface area contributed by atoms with E-state index in [0.717, 1.165) is 84.6 Å². The van der Waals surface area contributed by atoms with Crippen LogP contribution < -0.4 is 4.40 Å². The van der Waals surface area contributed by atoms with Crippen LogP contribution >= 0.6 is 0 Å². The summed E-state index contributed by atoms with van der Waals surface area (Å²) in [6, 6.07) is 34.7. The van der Waals surface area contributed by atoms with Gasteiger partial charge < -0.3 is 8.98 Å². The molecule has 6 nitrogen and oxygen atoms in total. The molecule has 0 saturated heterocycles. The molecule has 0 spiro atoms. The second-order valence-corrected chi connectivity index (χ2v) is 31.2. The van der Waals surface area contributed by atoms with Crippen molar-refractivity contribution in [1.29, 1.82) is 0 Å². The number of fused-ring (bicyclic) bond motifs is 8. The summed E-state index contributed by atoms with van der Waals surface area (Å²) in [5.41, 5.74) is 13.9. The Hall–Kier alpha value is -4.95. The molecule has 66 heavy (non-hydrogen) atoms. The van der Waals surface area contributed by atoms with E-state index < -0.39 is 13.3 Å². The summed E-state index contributed by atoms with van der Waals surface area (Å²) in [7, 11) is 0. The van der Waals surface area contributed by atoms with Gasteiger partial charge in [0, 0.05) is 55.3 Å². The maximum absolute atomic E-state index is 6.57. The fourth-order valence-corrected chi connectivity index (χ4v) is 14.6. The number of aryl methyl sites for hydroxylation is 2. The maximum atomic E-state index is 6.57. The molecule has 8 heteroatoms. The molecule has 12 rings (SSSR count). The van der Waals surface area contributed by atoms with E-state index in [1.807, 2.05) is 49.8 Å². The van der Waals surface area contributed by atoms with Crippen molar-refractivity contribution < 1.29 is 24.5 Å². The number of furan rings is 1. The third kappa shape index (κ3) is 8.61. The Bertz CT molecular complexity index is 3210. The minimum atomic E-state index is -1.91. The Morgan fingerprint density at radius 1 is 0.833 bits per heavy atom. The third-order valence-corrected chi connectivity index (χ3v) is 18.8. The normalized spacial score (nSPS) is 17.2. The zero-order valence-electron chi connectivity index (χ0n) is 39.9. The van der Waals surface area contributed by atoms with E-state index in [0.29, 0.717) is 5.92 Å².